The van der Waals surface area contributed by atoms with Gasteiger partial charge in [0.25, 0.3) is 5.91 Å². The highest BCUT2D eigenvalue weighted by Crippen LogP contribution is 2.30. The average molecular weight is 403 g/mol. The van der Waals surface area contributed by atoms with Gasteiger partial charge in [-0.2, -0.15) is 5.10 Å². The maximum Gasteiger partial charge on any atom is 0.253 e. The van der Waals surface area contributed by atoms with E-state index in [1.54, 1.807) is 13.2 Å². The maximum atomic E-state index is 13.1. The first-order chi connectivity index (χ1) is 14.2. The molecule has 0 radical (unpaired) electrons. The molecule has 29 heavy (non-hydrogen) atoms. The normalized spacial score (nSPS) is 19.6. The van der Waals surface area contributed by atoms with Gasteiger partial charge in [0.1, 0.15) is 6.10 Å². The summed E-state index contributed by atoms with van der Waals surface area (Å²) in [6.07, 6.45) is 9.47. The second-order valence-electron chi connectivity index (χ2n) is 7.72. The van der Waals surface area contributed by atoms with Crippen LogP contribution < -0.4 is 5.32 Å². The molecule has 1 amide bonds. The molecule has 160 valence electrons. The Morgan fingerprint density at radius 1 is 1.45 bits per heavy atom. The van der Waals surface area contributed by atoms with Crippen LogP contribution in [0.2, 0.25) is 0 Å². The number of aryl methyl sites for hydroxylation is 1. The first-order valence-electron chi connectivity index (χ1n) is 10.6. The van der Waals surface area contributed by atoms with Crippen LogP contribution in [0.5, 0.6) is 0 Å². The van der Waals surface area contributed by atoms with Crippen LogP contribution in [0.4, 0.5) is 0 Å². The monoisotopic (exact) mass is 402 g/mol. The Balaban J connectivity index is 1.77. The van der Waals surface area contributed by atoms with Crippen LogP contribution in [0.1, 0.15) is 42.6 Å². The van der Waals surface area contributed by atoms with Crippen molar-refractivity contribution in [3.05, 3.63) is 35.7 Å². The first-order valence-corrected chi connectivity index (χ1v) is 10.6. The highest BCUT2D eigenvalue weighted by atomic mass is 16.5. The molecule has 1 saturated heterocycles. The Labute approximate surface area is 173 Å². The number of allylic oxidation sites excluding steroid dienone is 2. The van der Waals surface area contributed by atoms with E-state index in [4.69, 9.17) is 14.6 Å². The van der Waals surface area contributed by atoms with Crippen molar-refractivity contribution in [2.24, 2.45) is 0 Å². The van der Waals surface area contributed by atoms with Crippen molar-refractivity contribution in [3.63, 3.8) is 0 Å². The second kappa shape index (κ2) is 10.7. The number of ether oxygens (including phenoxy) is 2. The van der Waals surface area contributed by atoms with Crippen LogP contribution in [-0.2, 0) is 27.4 Å². The van der Waals surface area contributed by atoms with Gasteiger partial charge in [-0.1, -0.05) is 24.8 Å². The number of methoxy groups -OCH3 is 1. The number of rotatable bonds is 11. The van der Waals surface area contributed by atoms with E-state index in [0.29, 0.717) is 25.7 Å². The Bertz CT molecular complexity index is 718. The van der Waals surface area contributed by atoms with Gasteiger partial charge in [0.2, 0.25) is 0 Å². The summed E-state index contributed by atoms with van der Waals surface area (Å²) in [5, 5.41) is 8.13. The number of carbonyl (C=O) groups is 1. The number of carbonyl (C=O) groups excluding carboxylic acids is 1. The zero-order valence-electron chi connectivity index (χ0n) is 17.7. The molecule has 1 aliphatic heterocycles. The minimum Gasteiger partial charge on any atom is -0.385 e. The molecule has 2 heterocycles. The summed E-state index contributed by atoms with van der Waals surface area (Å²) in [5.74, 6) is 0.0747. The molecule has 1 aliphatic carbocycles. The zero-order chi connectivity index (χ0) is 20.6. The van der Waals surface area contributed by atoms with E-state index in [0.717, 1.165) is 62.3 Å². The fourth-order valence-corrected chi connectivity index (χ4v) is 3.69. The molecule has 1 saturated carbocycles. The lowest BCUT2D eigenvalue weighted by Crippen LogP contribution is -2.49. The van der Waals surface area contributed by atoms with Crippen LogP contribution in [0.25, 0.3) is 6.08 Å². The summed E-state index contributed by atoms with van der Waals surface area (Å²) in [7, 11) is 1.73. The Kier molecular flexibility index (Phi) is 8.03. The number of nitrogens with zero attached hydrogens (tertiary/aromatic N) is 3. The molecule has 0 aromatic carbocycles. The number of amides is 1. The molecule has 1 atom stereocenters. The number of nitrogens with one attached hydrogen (secondary N) is 1. The van der Waals surface area contributed by atoms with Crippen LogP contribution in [0, 0.1) is 6.92 Å². The second-order valence-corrected chi connectivity index (χ2v) is 7.72. The van der Waals surface area contributed by atoms with Crippen LogP contribution in [0.3, 0.4) is 0 Å². The number of morpholine rings is 1. The van der Waals surface area contributed by atoms with E-state index in [2.05, 4.69) is 23.5 Å². The van der Waals surface area contributed by atoms with E-state index in [1.165, 1.54) is 0 Å². The molecule has 2 aliphatic rings. The predicted molar refractivity (Wildman–Crippen MR) is 113 cm³/mol. The molecule has 0 bridgehead atoms. The Morgan fingerprint density at radius 2 is 2.28 bits per heavy atom. The van der Waals surface area contributed by atoms with Gasteiger partial charge in [-0.25, -0.2) is 0 Å². The highest BCUT2D eigenvalue weighted by molar-refractivity contribution is 5.82. The van der Waals surface area contributed by atoms with E-state index in [9.17, 15) is 4.79 Å². The van der Waals surface area contributed by atoms with Crippen LogP contribution in [-0.4, -0.2) is 66.1 Å². The summed E-state index contributed by atoms with van der Waals surface area (Å²) in [6.45, 7) is 9.96. The number of hydrogen-bond donors (Lipinski definition) is 1. The zero-order valence-corrected chi connectivity index (χ0v) is 17.7. The topological polar surface area (TPSA) is 68.6 Å². The summed E-state index contributed by atoms with van der Waals surface area (Å²) in [4.78, 5) is 15.1. The maximum absolute atomic E-state index is 13.1. The van der Waals surface area contributed by atoms with Crippen molar-refractivity contribution in [3.8, 4) is 0 Å². The highest BCUT2D eigenvalue weighted by Gasteiger charge is 2.37. The van der Waals surface area contributed by atoms with Gasteiger partial charge in [-0.15, -0.1) is 0 Å². The van der Waals surface area contributed by atoms with Crippen molar-refractivity contribution >= 4 is 12.0 Å². The van der Waals surface area contributed by atoms with E-state index < -0.39 is 6.10 Å². The largest absolute Gasteiger partial charge is 0.385 e. The van der Waals surface area contributed by atoms with Crippen molar-refractivity contribution in [1.82, 2.24) is 20.0 Å². The number of unbranched alkanes of at least 4 members (excludes halogenated alkanes) is 1. The van der Waals surface area contributed by atoms with Gasteiger partial charge in [-0.3, -0.25) is 9.48 Å². The summed E-state index contributed by atoms with van der Waals surface area (Å²) in [6, 6.07) is 0.302. The van der Waals surface area contributed by atoms with Gasteiger partial charge in [-0.05, 0) is 32.6 Å². The van der Waals surface area contributed by atoms with Crippen molar-refractivity contribution in [2.75, 3.05) is 33.4 Å². The third kappa shape index (κ3) is 5.78. The molecule has 2 fully saturated rings. The first kappa shape index (κ1) is 21.7. The Morgan fingerprint density at radius 3 is 2.93 bits per heavy atom. The minimum absolute atomic E-state index is 0.0747. The van der Waals surface area contributed by atoms with Crippen molar-refractivity contribution in [1.29, 1.82) is 0 Å². The lowest BCUT2D eigenvalue weighted by Gasteiger charge is -2.29. The minimum atomic E-state index is -0.395. The van der Waals surface area contributed by atoms with Crippen LogP contribution in [0.15, 0.2) is 18.7 Å². The van der Waals surface area contributed by atoms with E-state index in [-0.39, 0.29) is 5.91 Å². The molecule has 7 heteroatoms. The van der Waals surface area contributed by atoms with Gasteiger partial charge in [0.05, 0.1) is 18.8 Å². The quantitative estimate of drug-likeness (QED) is 0.454. The van der Waals surface area contributed by atoms with Gasteiger partial charge in [0.15, 0.2) is 0 Å². The molecule has 1 aromatic heterocycles. The molecular formula is C22H34N4O3. The lowest BCUT2D eigenvalue weighted by molar-refractivity contribution is -0.146. The molecule has 0 unspecified atom stereocenters. The SMILES string of the molecule is C=C/C=C\c1c(CN(C(=O)[C@H]2CNCCO2)C2CC2)nn(CCCCOC)c1C. The third-order valence-electron chi connectivity index (χ3n) is 5.49. The summed E-state index contributed by atoms with van der Waals surface area (Å²) in [5.41, 5.74) is 3.14. The van der Waals surface area contributed by atoms with E-state index >= 15 is 0 Å². The standard InChI is InChI=1S/C22H34N4O3/c1-4-5-8-19-17(2)26(12-6-7-13-28-3)24-20(19)16-25(18-9-10-18)22(27)21-15-23-11-14-29-21/h4-5,8,18,21,23H,1,6-7,9-16H2,2-3H3/b8-5-/t21-/m1/s1. The van der Waals surface area contributed by atoms with Crippen molar-refractivity contribution in [2.45, 2.75) is 57.8 Å². The summed E-state index contributed by atoms with van der Waals surface area (Å²) >= 11 is 0. The molecule has 1 aromatic rings. The predicted octanol–water partition coefficient (Wildman–Crippen LogP) is 2.30. The summed E-state index contributed by atoms with van der Waals surface area (Å²) < 4.78 is 12.9. The molecule has 0 spiro atoms. The Hall–Kier alpha value is -1.96. The van der Waals surface area contributed by atoms with Crippen LogP contribution >= 0.6 is 0 Å². The van der Waals surface area contributed by atoms with Gasteiger partial charge >= 0.3 is 0 Å². The molecular weight excluding hydrogens is 368 g/mol. The number of aromatic nitrogens is 2. The number of hydrogen-bond acceptors (Lipinski definition) is 5. The fourth-order valence-electron chi connectivity index (χ4n) is 3.69. The van der Waals surface area contributed by atoms with Gasteiger partial charge < -0.3 is 19.7 Å². The molecule has 3 rings (SSSR count). The third-order valence-corrected chi connectivity index (χ3v) is 5.49. The molecule has 1 N–H and O–H groups in total. The van der Waals surface area contributed by atoms with E-state index in [1.807, 2.05) is 17.1 Å². The fraction of sp³-hybridized carbons (Fsp3) is 0.636. The average Bonchev–Trinajstić information content (AvgIpc) is 3.54. The van der Waals surface area contributed by atoms with Gasteiger partial charge in [0, 0.05) is 50.7 Å². The molecule has 7 nitrogen and oxygen atoms in total. The lowest BCUT2D eigenvalue weighted by atomic mass is 10.1. The smallest absolute Gasteiger partial charge is 0.253 e. The van der Waals surface area contributed by atoms with Crippen molar-refractivity contribution < 1.29 is 14.3 Å².